The van der Waals surface area contributed by atoms with E-state index < -0.39 is 10.0 Å². The van der Waals surface area contributed by atoms with Crippen molar-refractivity contribution in [2.24, 2.45) is 0 Å². The number of benzene rings is 3. The molecular formula is C25H25N3O5S2. The first-order valence-electron chi connectivity index (χ1n) is 10.8. The van der Waals surface area contributed by atoms with Gasteiger partial charge in [0.05, 0.1) is 29.3 Å². The molecule has 0 spiro atoms. The van der Waals surface area contributed by atoms with Crippen LogP contribution in [-0.2, 0) is 16.6 Å². The standard InChI is InChI=1S/C25H25N3O5S2/c1-4-28(16-17-8-6-5-7-9-17)35(30,31)19-12-10-18(11-13-19)24(29)27-25-26-20-14-21(32-2)22(33-3)15-23(20)34-25/h5-15H,4,16H2,1-3H3,(H,26,27,29). The topological polar surface area (TPSA) is 97.8 Å². The molecule has 1 N–H and O–H groups in total. The fourth-order valence-electron chi connectivity index (χ4n) is 3.56. The average Bonchev–Trinajstić information content (AvgIpc) is 3.27. The molecule has 182 valence electrons. The van der Waals surface area contributed by atoms with Crippen molar-refractivity contribution in [3.05, 3.63) is 77.9 Å². The zero-order valence-electron chi connectivity index (χ0n) is 19.5. The Hall–Kier alpha value is -3.47. The van der Waals surface area contributed by atoms with Crippen molar-refractivity contribution in [3.63, 3.8) is 0 Å². The van der Waals surface area contributed by atoms with Crippen LogP contribution >= 0.6 is 11.3 Å². The molecule has 8 nitrogen and oxygen atoms in total. The first-order chi connectivity index (χ1) is 16.8. The summed E-state index contributed by atoms with van der Waals surface area (Å²) >= 11 is 1.30. The van der Waals surface area contributed by atoms with Crippen LogP contribution in [0.25, 0.3) is 10.2 Å². The molecule has 35 heavy (non-hydrogen) atoms. The van der Waals surface area contributed by atoms with Crippen LogP contribution in [0.15, 0.2) is 71.6 Å². The van der Waals surface area contributed by atoms with Crippen molar-refractivity contribution in [1.82, 2.24) is 9.29 Å². The van der Waals surface area contributed by atoms with Crippen LogP contribution in [-0.4, -0.2) is 44.4 Å². The number of hydrogen-bond donors (Lipinski definition) is 1. The van der Waals surface area contributed by atoms with Gasteiger partial charge in [-0.25, -0.2) is 13.4 Å². The summed E-state index contributed by atoms with van der Waals surface area (Å²) in [6.45, 7) is 2.40. The molecule has 1 heterocycles. The third-order valence-electron chi connectivity index (χ3n) is 5.42. The Morgan fingerprint density at radius 3 is 2.29 bits per heavy atom. The number of aromatic nitrogens is 1. The lowest BCUT2D eigenvalue weighted by Gasteiger charge is -2.20. The molecule has 0 bridgehead atoms. The number of amides is 1. The van der Waals surface area contributed by atoms with Gasteiger partial charge in [0.25, 0.3) is 5.91 Å². The molecule has 1 amide bonds. The zero-order chi connectivity index (χ0) is 25.0. The smallest absolute Gasteiger partial charge is 0.257 e. The first kappa shape index (κ1) is 24.6. The van der Waals surface area contributed by atoms with Crippen molar-refractivity contribution in [3.8, 4) is 11.5 Å². The highest BCUT2D eigenvalue weighted by Gasteiger charge is 2.23. The predicted octanol–water partition coefficient (Wildman–Crippen LogP) is 4.78. The molecule has 1 aromatic heterocycles. The van der Waals surface area contributed by atoms with Crippen LogP contribution in [0, 0.1) is 0 Å². The third kappa shape index (κ3) is 5.29. The van der Waals surface area contributed by atoms with Gasteiger partial charge in [0.1, 0.15) is 0 Å². The van der Waals surface area contributed by atoms with Crippen LogP contribution in [0.5, 0.6) is 11.5 Å². The monoisotopic (exact) mass is 511 g/mol. The summed E-state index contributed by atoms with van der Waals surface area (Å²) in [5, 5.41) is 3.19. The van der Waals surface area contributed by atoms with Gasteiger partial charge >= 0.3 is 0 Å². The Balaban J connectivity index is 1.50. The second-order valence-corrected chi connectivity index (χ2v) is 10.6. The Morgan fingerprint density at radius 2 is 1.66 bits per heavy atom. The Kier molecular flexibility index (Phi) is 7.34. The lowest BCUT2D eigenvalue weighted by atomic mass is 10.2. The number of rotatable bonds is 9. The molecule has 0 atom stereocenters. The Bertz CT molecular complexity index is 1390. The molecule has 10 heteroatoms. The normalized spacial score (nSPS) is 11.5. The minimum atomic E-state index is -3.71. The maximum absolute atomic E-state index is 13.1. The summed E-state index contributed by atoms with van der Waals surface area (Å²) in [5.41, 5.74) is 1.90. The van der Waals surface area contributed by atoms with E-state index >= 15 is 0 Å². The van der Waals surface area contributed by atoms with Gasteiger partial charge in [-0.3, -0.25) is 10.1 Å². The number of carbonyl (C=O) groups excluding carboxylic acids is 1. The van der Waals surface area contributed by atoms with E-state index in [1.54, 1.807) is 33.3 Å². The number of anilines is 1. The van der Waals surface area contributed by atoms with Crippen molar-refractivity contribution in [2.75, 3.05) is 26.1 Å². The van der Waals surface area contributed by atoms with Crippen LogP contribution in [0.2, 0.25) is 0 Å². The number of hydrogen-bond acceptors (Lipinski definition) is 7. The molecule has 0 radical (unpaired) electrons. The number of nitrogens with zero attached hydrogens (tertiary/aromatic N) is 2. The van der Waals surface area contributed by atoms with Crippen molar-refractivity contribution >= 4 is 42.6 Å². The summed E-state index contributed by atoms with van der Waals surface area (Å²) in [7, 11) is -0.614. The minimum absolute atomic E-state index is 0.131. The number of thiazole rings is 1. The number of nitrogens with one attached hydrogen (secondary N) is 1. The minimum Gasteiger partial charge on any atom is -0.493 e. The van der Waals surface area contributed by atoms with Crippen molar-refractivity contribution in [2.45, 2.75) is 18.4 Å². The highest BCUT2D eigenvalue weighted by atomic mass is 32.2. The van der Waals surface area contributed by atoms with Gasteiger partial charge in [0.2, 0.25) is 10.0 Å². The number of carbonyl (C=O) groups is 1. The maximum Gasteiger partial charge on any atom is 0.257 e. The highest BCUT2D eigenvalue weighted by molar-refractivity contribution is 7.89. The van der Waals surface area contributed by atoms with E-state index in [0.717, 1.165) is 10.3 Å². The van der Waals surface area contributed by atoms with Crippen LogP contribution in [0.1, 0.15) is 22.8 Å². The molecule has 4 aromatic rings. The second-order valence-electron chi connectivity index (χ2n) is 7.59. The molecule has 0 unspecified atom stereocenters. The molecule has 0 aliphatic carbocycles. The molecule has 0 saturated heterocycles. The molecule has 3 aromatic carbocycles. The number of sulfonamides is 1. The van der Waals surface area contributed by atoms with Gasteiger partial charge in [-0.2, -0.15) is 4.31 Å². The average molecular weight is 512 g/mol. The van der Waals surface area contributed by atoms with Gasteiger partial charge in [-0.15, -0.1) is 0 Å². The number of fused-ring (bicyclic) bond motifs is 1. The van der Waals surface area contributed by atoms with E-state index in [1.165, 1.54) is 39.9 Å². The van der Waals surface area contributed by atoms with E-state index in [1.807, 2.05) is 30.3 Å². The molecular weight excluding hydrogens is 486 g/mol. The van der Waals surface area contributed by atoms with Crippen molar-refractivity contribution < 1.29 is 22.7 Å². The first-order valence-corrected chi connectivity index (χ1v) is 13.1. The molecule has 0 saturated carbocycles. The Morgan fingerprint density at radius 1 is 1.00 bits per heavy atom. The van der Waals surface area contributed by atoms with E-state index in [4.69, 9.17) is 9.47 Å². The van der Waals surface area contributed by atoms with Gasteiger partial charge in [-0.05, 0) is 29.8 Å². The SMILES string of the molecule is CCN(Cc1ccccc1)S(=O)(=O)c1ccc(C(=O)Nc2nc3cc(OC)c(OC)cc3s2)cc1. The molecule has 0 aliphatic rings. The highest BCUT2D eigenvalue weighted by Crippen LogP contribution is 2.36. The molecule has 0 aliphatic heterocycles. The summed E-state index contributed by atoms with van der Waals surface area (Å²) in [6.07, 6.45) is 0. The van der Waals surface area contributed by atoms with E-state index in [2.05, 4.69) is 10.3 Å². The van der Waals surface area contributed by atoms with Crippen LogP contribution in [0.4, 0.5) is 5.13 Å². The number of ether oxygens (including phenoxy) is 2. The maximum atomic E-state index is 13.1. The second kappa shape index (κ2) is 10.4. The zero-order valence-corrected chi connectivity index (χ0v) is 21.2. The predicted molar refractivity (Wildman–Crippen MR) is 137 cm³/mol. The summed E-state index contributed by atoms with van der Waals surface area (Å²) < 4.78 is 39.1. The van der Waals surface area contributed by atoms with E-state index in [-0.39, 0.29) is 17.3 Å². The lowest BCUT2D eigenvalue weighted by molar-refractivity contribution is 0.102. The summed E-state index contributed by atoms with van der Waals surface area (Å²) in [5.74, 6) is 0.739. The van der Waals surface area contributed by atoms with E-state index in [9.17, 15) is 13.2 Å². The van der Waals surface area contributed by atoms with Gasteiger partial charge in [0.15, 0.2) is 16.6 Å². The summed E-state index contributed by atoms with van der Waals surface area (Å²) in [6, 6.07) is 18.9. The van der Waals surface area contributed by atoms with Gasteiger partial charge < -0.3 is 9.47 Å². The molecule has 4 rings (SSSR count). The lowest BCUT2D eigenvalue weighted by Crippen LogP contribution is -2.30. The largest absolute Gasteiger partial charge is 0.493 e. The van der Waals surface area contributed by atoms with Crippen LogP contribution in [0.3, 0.4) is 0 Å². The fourth-order valence-corrected chi connectivity index (χ4v) is 5.87. The Labute approximate surface area is 208 Å². The van der Waals surface area contributed by atoms with E-state index in [0.29, 0.717) is 34.3 Å². The van der Waals surface area contributed by atoms with Gasteiger partial charge in [-0.1, -0.05) is 48.6 Å². The fraction of sp³-hybridized carbons (Fsp3) is 0.200. The number of methoxy groups -OCH3 is 2. The van der Waals surface area contributed by atoms with Gasteiger partial charge in [0, 0.05) is 30.8 Å². The van der Waals surface area contributed by atoms with Crippen LogP contribution < -0.4 is 14.8 Å². The third-order valence-corrected chi connectivity index (χ3v) is 8.29. The van der Waals surface area contributed by atoms with Crippen molar-refractivity contribution in [1.29, 1.82) is 0 Å². The quantitative estimate of drug-likeness (QED) is 0.347. The molecule has 0 fully saturated rings. The summed E-state index contributed by atoms with van der Waals surface area (Å²) in [4.78, 5) is 17.3.